The van der Waals surface area contributed by atoms with Crippen molar-refractivity contribution < 1.29 is 13.2 Å². The molecule has 4 rings (SSSR count). The number of carbonyl (C=O) groups excluding carboxylic acids is 1. The SMILES string of the molecule is Cc1cccc2nc(C(=O)N3CCN(S(=O)(=O)c4ccccc4C#N)CC3)cn12. The molecule has 148 valence electrons. The molecule has 0 N–H and O–H groups in total. The maximum absolute atomic E-state index is 12.9. The smallest absolute Gasteiger partial charge is 0.274 e. The fourth-order valence-electron chi connectivity index (χ4n) is 3.47. The summed E-state index contributed by atoms with van der Waals surface area (Å²) in [5, 5.41) is 9.21. The van der Waals surface area contributed by atoms with Crippen LogP contribution < -0.4 is 0 Å². The van der Waals surface area contributed by atoms with Crippen molar-refractivity contribution in [3.8, 4) is 6.07 Å². The van der Waals surface area contributed by atoms with Crippen molar-refractivity contribution in [3.05, 3.63) is 65.6 Å². The molecule has 29 heavy (non-hydrogen) atoms. The van der Waals surface area contributed by atoms with E-state index in [0.717, 1.165) is 5.69 Å². The minimum Gasteiger partial charge on any atom is -0.335 e. The topological polar surface area (TPSA) is 98.8 Å². The second-order valence-corrected chi connectivity index (χ2v) is 8.73. The van der Waals surface area contributed by atoms with E-state index in [1.54, 1.807) is 23.2 Å². The highest BCUT2D eigenvalue weighted by Gasteiger charge is 2.32. The molecule has 0 spiro atoms. The number of carbonyl (C=O) groups is 1. The van der Waals surface area contributed by atoms with Gasteiger partial charge in [0.05, 0.1) is 10.5 Å². The normalized spacial score (nSPS) is 15.4. The van der Waals surface area contributed by atoms with E-state index in [9.17, 15) is 18.5 Å². The lowest BCUT2D eigenvalue weighted by Crippen LogP contribution is -2.50. The lowest BCUT2D eigenvalue weighted by atomic mass is 10.2. The third kappa shape index (κ3) is 3.37. The van der Waals surface area contributed by atoms with E-state index < -0.39 is 10.0 Å². The number of nitrogens with zero attached hydrogens (tertiary/aromatic N) is 5. The van der Waals surface area contributed by atoms with Crippen molar-refractivity contribution in [2.45, 2.75) is 11.8 Å². The van der Waals surface area contributed by atoms with Crippen molar-refractivity contribution >= 4 is 21.6 Å². The molecule has 1 aliphatic heterocycles. The first kappa shape index (κ1) is 19.1. The van der Waals surface area contributed by atoms with Gasteiger partial charge in [-0.2, -0.15) is 9.57 Å². The highest BCUT2D eigenvalue weighted by atomic mass is 32.2. The Morgan fingerprint density at radius 2 is 1.79 bits per heavy atom. The Balaban J connectivity index is 1.51. The number of hydrogen-bond acceptors (Lipinski definition) is 5. The highest BCUT2D eigenvalue weighted by Crippen LogP contribution is 2.21. The molecule has 3 heterocycles. The summed E-state index contributed by atoms with van der Waals surface area (Å²) in [6.45, 7) is 2.80. The van der Waals surface area contributed by atoms with Crippen molar-refractivity contribution in [3.63, 3.8) is 0 Å². The minimum absolute atomic E-state index is 0.00176. The number of fused-ring (bicyclic) bond motifs is 1. The first-order valence-electron chi connectivity index (χ1n) is 9.15. The number of rotatable bonds is 3. The number of aromatic nitrogens is 2. The number of pyridine rings is 1. The summed E-state index contributed by atoms with van der Waals surface area (Å²) < 4.78 is 29.0. The van der Waals surface area contributed by atoms with Crippen LogP contribution in [0.5, 0.6) is 0 Å². The summed E-state index contributed by atoms with van der Waals surface area (Å²) >= 11 is 0. The molecule has 8 nitrogen and oxygen atoms in total. The van der Waals surface area contributed by atoms with E-state index in [1.807, 2.05) is 35.6 Å². The van der Waals surface area contributed by atoms with Gasteiger partial charge in [-0.3, -0.25) is 4.79 Å². The molecule has 1 fully saturated rings. The molecule has 0 unspecified atom stereocenters. The van der Waals surface area contributed by atoms with Crippen LogP contribution in [0.3, 0.4) is 0 Å². The molecule has 0 saturated carbocycles. The zero-order chi connectivity index (χ0) is 20.6. The van der Waals surface area contributed by atoms with Gasteiger partial charge in [0.15, 0.2) is 0 Å². The zero-order valence-electron chi connectivity index (χ0n) is 15.8. The fraction of sp³-hybridized carbons (Fsp3) is 0.250. The average Bonchev–Trinajstić information content (AvgIpc) is 3.19. The molecule has 2 aromatic heterocycles. The van der Waals surface area contributed by atoms with Gasteiger partial charge in [0.2, 0.25) is 10.0 Å². The van der Waals surface area contributed by atoms with Gasteiger partial charge in [-0.25, -0.2) is 13.4 Å². The van der Waals surface area contributed by atoms with Crippen LogP contribution in [0.25, 0.3) is 5.65 Å². The van der Waals surface area contributed by atoms with Crippen LogP contribution in [0.2, 0.25) is 0 Å². The summed E-state index contributed by atoms with van der Waals surface area (Å²) in [4.78, 5) is 18.8. The maximum atomic E-state index is 12.9. The van der Waals surface area contributed by atoms with Gasteiger partial charge in [-0.15, -0.1) is 0 Å². The van der Waals surface area contributed by atoms with E-state index in [2.05, 4.69) is 4.98 Å². The highest BCUT2D eigenvalue weighted by molar-refractivity contribution is 7.89. The van der Waals surface area contributed by atoms with Gasteiger partial charge < -0.3 is 9.30 Å². The summed E-state index contributed by atoms with van der Waals surface area (Å²) in [7, 11) is -3.79. The molecule has 0 radical (unpaired) electrons. The first-order valence-corrected chi connectivity index (χ1v) is 10.6. The van der Waals surface area contributed by atoms with Crippen LogP contribution in [-0.2, 0) is 10.0 Å². The second-order valence-electron chi connectivity index (χ2n) is 6.83. The number of imidazole rings is 1. The number of piperazine rings is 1. The van der Waals surface area contributed by atoms with Crippen LogP contribution in [-0.4, -0.2) is 59.1 Å². The number of hydrogen-bond donors (Lipinski definition) is 0. The molecule has 9 heteroatoms. The van der Waals surface area contributed by atoms with Crippen LogP contribution in [0, 0.1) is 18.3 Å². The quantitative estimate of drug-likeness (QED) is 0.655. The van der Waals surface area contributed by atoms with Gasteiger partial charge in [0.25, 0.3) is 5.91 Å². The molecular formula is C20H19N5O3S. The number of sulfonamides is 1. The third-order valence-electron chi connectivity index (χ3n) is 5.07. The number of amides is 1. The van der Waals surface area contributed by atoms with E-state index in [1.165, 1.54) is 16.4 Å². The van der Waals surface area contributed by atoms with Gasteiger partial charge in [0.1, 0.15) is 17.4 Å². The standard InChI is InChI=1S/C20H19N5O3S/c1-15-5-4-8-19-22-17(14-25(15)19)20(26)23-9-11-24(12-10-23)29(27,28)18-7-3-2-6-16(18)13-21/h2-8,14H,9-12H2,1H3. The Kier molecular flexibility index (Phi) is 4.82. The molecule has 0 bridgehead atoms. The maximum Gasteiger partial charge on any atom is 0.274 e. The predicted molar refractivity (Wildman–Crippen MR) is 106 cm³/mol. The minimum atomic E-state index is -3.79. The monoisotopic (exact) mass is 409 g/mol. The van der Waals surface area contributed by atoms with Gasteiger partial charge >= 0.3 is 0 Å². The lowest BCUT2D eigenvalue weighted by molar-refractivity contribution is 0.0692. The van der Waals surface area contributed by atoms with Crippen molar-refractivity contribution in [2.24, 2.45) is 0 Å². The van der Waals surface area contributed by atoms with Crippen LogP contribution in [0.4, 0.5) is 0 Å². The number of benzene rings is 1. The van der Waals surface area contributed by atoms with E-state index in [-0.39, 0.29) is 42.5 Å². The molecule has 1 amide bonds. The molecule has 0 atom stereocenters. The Labute approximate surface area is 168 Å². The summed E-state index contributed by atoms with van der Waals surface area (Å²) in [5.74, 6) is -0.220. The van der Waals surface area contributed by atoms with Crippen LogP contribution in [0.1, 0.15) is 21.7 Å². The third-order valence-corrected chi connectivity index (χ3v) is 7.02. The Hall–Kier alpha value is -3.22. The second kappa shape index (κ2) is 7.31. The summed E-state index contributed by atoms with van der Waals surface area (Å²) in [6, 6.07) is 13.7. The largest absolute Gasteiger partial charge is 0.335 e. The molecule has 1 aromatic carbocycles. The Morgan fingerprint density at radius 1 is 1.07 bits per heavy atom. The van der Waals surface area contributed by atoms with E-state index in [4.69, 9.17) is 0 Å². The molecule has 0 aliphatic carbocycles. The van der Waals surface area contributed by atoms with E-state index in [0.29, 0.717) is 11.3 Å². The van der Waals surface area contributed by atoms with Crippen LogP contribution >= 0.6 is 0 Å². The number of nitriles is 1. The van der Waals surface area contributed by atoms with E-state index >= 15 is 0 Å². The number of aryl methyl sites for hydroxylation is 1. The van der Waals surface area contributed by atoms with Crippen molar-refractivity contribution in [1.82, 2.24) is 18.6 Å². The molecule has 1 aliphatic rings. The van der Waals surface area contributed by atoms with Crippen molar-refractivity contribution in [1.29, 1.82) is 5.26 Å². The zero-order valence-corrected chi connectivity index (χ0v) is 16.6. The van der Waals surface area contributed by atoms with Gasteiger partial charge in [-0.05, 0) is 31.2 Å². The fourth-order valence-corrected chi connectivity index (χ4v) is 5.03. The first-order chi connectivity index (χ1) is 13.9. The van der Waals surface area contributed by atoms with Crippen LogP contribution in [0.15, 0.2) is 53.6 Å². The Bertz CT molecular complexity index is 1230. The summed E-state index contributed by atoms with van der Waals surface area (Å²) in [5.41, 5.74) is 2.13. The lowest BCUT2D eigenvalue weighted by Gasteiger charge is -2.33. The summed E-state index contributed by atoms with van der Waals surface area (Å²) in [6.07, 6.45) is 1.71. The van der Waals surface area contributed by atoms with Crippen molar-refractivity contribution in [2.75, 3.05) is 26.2 Å². The predicted octanol–water partition coefficient (Wildman–Crippen LogP) is 1.66. The Morgan fingerprint density at radius 3 is 2.48 bits per heavy atom. The molecule has 1 saturated heterocycles. The molecular weight excluding hydrogens is 390 g/mol. The van der Waals surface area contributed by atoms with Gasteiger partial charge in [0, 0.05) is 38.1 Å². The average molecular weight is 409 g/mol. The molecule has 3 aromatic rings. The van der Waals surface area contributed by atoms with Gasteiger partial charge in [-0.1, -0.05) is 18.2 Å².